The predicted octanol–water partition coefficient (Wildman–Crippen LogP) is 5.24. The van der Waals surface area contributed by atoms with Crippen LogP contribution in [0.5, 0.6) is 5.75 Å². The standard InChI is InChI=1S/C21H18Cl2FN3O3/c1-11(17-15(22)2-3-16(24)18(17)23)30-20-19-13(8-26-21(20)25)14(9-29-19)12-4-6-27(10-28)7-5-12/h2-4,8-11H,5-7H2,1H3,(H2,25,26)/t11-/m1/s1. The van der Waals surface area contributed by atoms with Crippen molar-refractivity contribution in [2.75, 3.05) is 18.8 Å². The van der Waals surface area contributed by atoms with E-state index in [9.17, 15) is 9.18 Å². The Balaban J connectivity index is 1.71. The fourth-order valence-electron chi connectivity index (χ4n) is 3.52. The molecule has 2 aromatic heterocycles. The number of nitrogen functional groups attached to an aromatic ring is 1. The van der Waals surface area contributed by atoms with Gasteiger partial charge in [-0.3, -0.25) is 4.79 Å². The number of nitrogens with zero attached hydrogens (tertiary/aromatic N) is 2. The van der Waals surface area contributed by atoms with Gasteiger partial charge in [0.05, 0.1) is 16.7 Å². The summed E-state index contributed by atoms with van der Waals surface area (Å²) in [6, 6.07) is 2.61. The van der Waals surface area contributed by atoms with Crippen LogP contribution < -0.4 is 10.5 Å². The first-order valence-corrected chi connectivity index (χ1v) is 10.0. The number of furan rings is 1. The van der Waals surface area contributed by atoms with Crippen LogP contribution in [0.15, 0.2) is 35.1 Å². The zero-order chi connectivity index (χ0) is 21.4. The number of carbonyl (C=O) groups excluding carboxylic acids is 1. The third kappa shape index (κ3) is 3.59. The second-order valence-electron chi connectivity index (χ2n) is 6.96. The molecule has 1 atom stereocenters. The molecule has 30 heavy (non-hydrogen) atoms. The molecule has 0 saturated carbocycles. The van der Waals surface area contributed by atoms with Crippen molar-refractivity contribution in [3.63, 3.8) is 0 Å². The van der Waals surface area contributed by atoms with E-state index in [0.29, 0.717) is 30.7 Å². The Labute approximate surface area is 182 Å². The summed E-state index contributed by atoms with van der Waals surface area (Å²) >= 11 is 12.3. The number of fused-ring (bicyclic) bond motifs is 1. The van der Waals surface area contributed by atoms with Gasteiger partial charge in [-0.15, -0.1) is 0 Å². The quantitative estimate of drug-likeness (QED) is 0.425. The maximum Gasteiger partial charge on any atom is 0.209 e. The van der Waals surface area contributed by atoms with Crippen molar-refractivity contribution >= 4 is 52.0 Å². The van der Waals surface area contributed by atoms with Crippen LogP contribution in [0.3, 0.4) is 0 Å². The third-order valence-corrected chi connectivity index (χ3v) is 5.83. The molecule has 0 spiro atoms. The molecule has 3 aromatic rings. The Bertz CT molecular complexity index is 1160. The lowest BCUT2D eigenvalue weighted by Gasteiger charge is -2.22. The molecule has 0 radical (unpaired) electrons. The topological polar surface area (TPSA) is 81.6 Å². The zero-order valence-electron chi connectivity index (χ0n) is 16.0. The van der Waals surface area contributed by atoms with Gasteiger partial charge >= 0.3 is 0 Å². The number of aromatic nitrogens is 1. The molecule has 0 unspecified atom stereocenters. The molecule has 6 nitrogen and oxygen atoms in total. The number of hydrogen-bond acceptors (Lipinski definition) is 5. The van der Waals surface area contributed by atoms with E-state index in [-0.39, 0.29) is 21.6 Å². The zero-order valence-corrected chi connectivity index (χ0v) is 17.5. The van der Waals surface area contributed by atoms with Crippen molar-refractivity contribution in [3.05, 3.63) is 57.7 Å². The molecule has 1 aromatic carbocycles. The third-order valence-electron chi connectivity index (χ3n) is 5.12. The molecule has 156 valence electrons. The van der Waals surface area contributed by atoms with E-state index in [1.165, 1.54) is 12.1 Å². The van der Waals surface area contributed by atoms with Crippen molar-refractivity contribution in [1.82, 2.24) is 9.88 Å². The SMILES string of the molecule is C[C@@H](Oc1c(N)ncc2c(C3=CCN(C=O)CC3)coc12)c1c(Cl)ccc(F)c1Cl. The summed E-state index contributed by atoms with van der Waals surface area (Å²) in [5.41, 5.74) is 8.69. The van der Waals surface area contributed by atoms with Gasteiger partial charge in [-0.1, -0.05) is 29.3 Å². The smallest absolute Gasteiger partial charge is 0.209 e. The minimum absolute atomic E-state index is 0.110. The van der Waals surface area contributed by atoms with E-state index in [0.717, 1.165) is 22.9 Å². The van der Waals surface area contributed by atoms with Crippen LogP contribution in [-0.4, -0.2) is 29.4 Å². The fraction of sp³-hybridized carbons (Fsp3) is 0.238. The summed E-state index contributed by atoms with van der Waals surface area (Å²) in [6.45, 7) is 2.85. The number of halogens is 3. The second kappa shape index (κ2) is 8.16. The van der Waals surface area contributed by atoms with Crippen LogP contribution in [0.4, 0.5) is 10.2 Å². The lowest BCUT2D eigenvalue weighted by atomic mass is 10.00. The molecule has 1 aliphatic heterocycles. The Morgan fingerprint density at radius 2 is 2.20 bits per heavy atom. The average Bonchev–Trinajstić information content (AvgIpc) is 3.17. The number of pyridine rings is 1. The molecule has 2 N–H and O–H groups in total. The van der Waals surface area contributed by atoms with Crippen LogP contribution in [-0.2, 0) is 4.79 Å². The Hall–Kier alpha value is -2.77. The summed E-state index contributed by atoms with van der Waals surface area (Å²) in [5.74, 6) is -0.234. The molecule has 1 aliphatic rings. The summed E-state index contributed by atoms with van der Waals surface area (Å²) < 4.78 is 25.7. The first-order chi connectivity index (χ1) is 14.4. The molecule has 9 heteroatoms. The number of amides is 1. The molecule has 1 amide bonds. The van der Waals surface area contributed by atoms with Crippen LogP contribution in [0.1, 0.15) is 30.6 Å². The number of benzene rings is 1. The van der Waals surface area contributed by atoms with E-state index in [1.54, 1.807) is 24.3 Å². The fourth-order valence-corrected chi connectivity index (χ4v) is 4.20. The number of ether oxygens (including phenoxy) is 1. The van der Waals surface area contributed by atoms with Crippen LogP contribution in [0, 0.1) is 5.82 Å². The molecule has 0 saturated heterocycles. The van der Waals surface area contributed by atoms with Crippen LogP contribution in [0.2, 0.25) is 10.0 Å². The van der Waals surface area contributed by atoms with Crippen molar-refractivity contribution in [2.24, 2.45) is 0 Å². The molecular formula is C21H18Cl2FN3O3. The van der Waals surface area contributed by atoms with E-state index >= 15 is 0 Å². The Morgan fingerprint density at radius 1 is 1.40 bits per heavy atom. The first kappa shape index (κ1) is 20.5. The van der Waals surface area contributed by atoms with Crippen LogP contribution >= 0.6 is 23.2 Å². The minimum Gasteiger partial charge on any atom is -0.478 e. The van der Waals surface area contributed by atoms with Gasteiger partial charge in [0.2, 0.25) is 12.2 Å². The van der Waals surface area contributed by atoms with Crippen molar-refractivity contribution in [3.8, 4) is 5.75 Å². The normalized spacial score (nSPS) is 15.2. The van der Waals surface area contributed by atoms with Gasteiger partial charge in [0.15, 0.2) is 11.4 Å². The number of rotatable bonds is 5. The van der Waals surface area contributed by atoms with Gasteiger partial charge in [-0.05, 0) is 31.1 Å². The average molecular weight is 450 g/mol. The lowest BCUT2D eigenvalue weighted by molar-refractivity contribution is -0.117. The summed E-state index contributed by atoms with van der Waals surface area (Å²) in [4.78, 5) is 16.9. The highest BCUT2D eigenvalue weighted by Crippen LogP contribution is 2.41. The van der Waals surface area contributed by atoms with E-state index in [4.69, 9.17) is 38.1 Å². The number of anilines is 1. The Morgan fingerprint density at radius 3 is 2.90 bits per heavy atom. The second-order valence-corrected chi connectivity index (χ2v) is 7.75. The van der Waals surface area contributed by atoms with E-state index in [2.05, 4.69) is 4.98 Å². The predicted molar refractivity (Wildman–Crippen MR) is 114 cm³/mol. The van der Waals surface area contributed by atoms with Gasteiger partial charge < -0.3 is 19.8 Å². The van der Waals surface area contributed by atoms with Crippen molar-refractivity contribution in [1.29, 1.82) is 0 Å². The van der Waals surface area contributed by atoms with Crippen molar-refractivity contribution in [2.45, 2.75) is 19.4 Å². The van der Waals surface area contributed by atoms with Gasteiger partial charge in [-0.2, -0.15) is 0 Å². The van der Waals surface area contributed by atoms with Gasteiger partial charge in [0, 0.05) is 35.4 Å². The highest BCUT2D eigenvalue weighted by atomic mass is 35.5. The molecule has 3 heterocycles. The molecular weight excluding hydrogens is 432 g/mol. The molecule has 0 aliphatic carbocycles. The maximum atomic E-state index is 13.9. The first-order valence-electron chi connectivity index (χ1n) is 9.25. The lowest BCUT2D eigenvalue weighted by Crippen LogP contribution is -2.26. The van der Waals surface area contributed by atoms with Gasteiger partial charge in [-0.25, -0.2) is 9.37 Å². The van der Waals surface area contributed by atoms with Gasteiger partial charge in [0.1, 0.15) is 11.9 Å². The number of carbonyl (C=O) groups is 1. The number of hydrogen-bond donors (Lipinski definition) is 1. The highest BCUT2D eigenvalue weighted by molar-refractivity contribution is 6.36. The largest absolute Gasteiger partial charge is 0.478 e. The Kier molecular flexibility index (Phi) is 5.58. The van der Waals surface area contributed by atoms with E-state index in [1.807, 2.05) is 6.08 Å². The van der Waals surface area contributed by atoms with Crippen molar-refractivity contribution < 1.29 is 18.3 Å². The molecule has 4 rings (SSSR count). The van der Waals surface area contributed by atoms with E-state index < -0.39 is 11.9 Å². The number of nitrogens with two attached hydrogens (primary N) is 1. The van der Waals surface area contributed by atoms with Crippen LogP contribution in [0.25, 0.3) is 16.5 Å². The minimum atomic E-state index is -0.709. The summed E-state index contributed by atoms with van der Waals surface area (Å²) in [7, 11) is 0. The van der Waals surface area contributed by atoms with Gasteiger partial charge in [0.25, 0.3) is 0 Å². The maximum absolute atomic E-state index is 13.9. The highest BCUT2D eigenvalue weighted by Gasteiger charge is 2.24. The summed E-state index contributed by atoms with van der Waals surface area (Å²) in [5, 5.41) is 0.898. The monoisotopic (exact) mass is 449 g/mol. The summed E-state index contributed by atoms with van der Waals surface area (Å²) in [6.07, 6.45) is 6.04. The molecule has 0 bridgehead atoms. The molecule has 0 fully saturated rings.